The van der Waals surface area contributed by atoms with Crippen molar-refractivity contribution in [2.24, 2.45) is 5.92 Å². The molecule has 1 amide bonds. The first-order valence-corrected chi connectivity index (χ1v) is 6.29. The molecule has 0 spiro atoms. The third-order valence-electron chi connectivity index (χ3n) is 3.89. The van der Waals surface area contributed by atoms with Crippen LogP contribution in [0.4, 0.5) is 0 Å². The number of hydrogen-bond acceptors (Lipinski definition) is 3. The molecule has 1 aliphatic carbocycles. The zero-order chi connectivity index (χ0) is 12.8. The molecule has 3 rings (SSSR count). The minimum absolute atomic E-state index is 0.0576. The zero-order valence-corrected chi connectivity index (χ0v) is 10.4. The fourth-order valence-corrected chi connectivity index (χ4v) is 2.63. The second kappa shape index (κ2) is 3.99. The van der Waals surface area contributed by atoms with E-state index in [1.54, 1.807) is 24.1 Å². The van der Waals surface area contributed by atoms with Crippen LogP contribution in [0.5, 0.6) is 5.75 Å². The van der Waals surface area contributed by atoms with E-state index < -0.39 is 5.60 Å². The topological polar surface area (TPSA) is 49.8 Å². The lowest BCUT2D eigenvalue weighted by Gasteiger charge is -2.47. The predicted molar refractivity (Wildman–Crippen MR) is 66.6 cm³/mol. The third kappa shape index (κ3) is 1.77. The van der Waals surface area contributed by atoms with Crippen molar-refractivity contribution < 1.29 is 14.6 Å². The van der Waals surface area contributed by atoms with Gasteiger partial charge in [0.1, 0.15) is 11.4 Å². The second-order valence-electron chi connectivity index (χ2n) is 5.24. The minimum Gasteiger partial charge on any atom is -0.496 e. The minimum atomic E-state index is -0.627. The van der Waals surface area contributed by atoms with Crippen LogP contribution in [0.2, 0.25) is 0 Å². The highest BCUT2D eigenvalue weighted by molar-refractivity contribution is 5.97. The van der Waals surface area contributed by atoms with Crippen molar-refractivity contribution in [1.29, 1.82) is 0 Å². The van der Waals surface area contributed by atoms with Gasteiger partial charge in [0.2, 0.25) is 0 Å². The van der Waals surface area contributed by atoms with Crippen molar-refractivity contribution in [3.05, 3.63) is 29.8 Å². The Morgan fingerprint density at radius 1 is 1.39 bits per heavy atom. The van der Waals surface area contributed by atoms with Gasteiger partial charge in [-0.2, -0.15) is 0 Å². The van der Waals surface area contributed by atoms with E-state index in [4.69, 9.17) is 4.74 Å². The van der Waals surface area contributed by atoms with Gasteiger partial charge in [-0.25, -0.2) is 0 Å². The highest BCUT2D eigenvalue weighted by Crippen LogP contribution is 2.44. The number of likely N-dealkylation sites (tertiary alicyclic amines) is 1. The van der Waals surface area contributed by atoms with Gasteiger partial charge in [0.25, 0.3) is 5.91 Å². The van der Waals surface area contributed by atoms with Gasteiger partial charge in [0, 0.05) is 0 Å². The van der Waals surface area contributed by atoms with E-state index in [-0.39, 0.29) is 5.91 Å². The maximum Gasteiger partial charge on any atom is 0.257 e. The predicted octanol–water partition coefficient (Wildman–Crippen LogP) is 1.29. The SMILES string of the molecule is COc1ccccc1C(=O)N1CC(O)(C2CC2)C1. The van der Waals surface area contributed by atoms with Crippen LogP contribution in [-0.2, 0) is 0 Å². The Balaban J connectivity index is 1.72. The number of nitrogens with zero attached hydrogens (tertiary/aromatic N) is 1. The molecule has 0 aromatic heterocycles. The first-order valence-electron chi connectivity index (χ1n) is 6.29. The largest absolute Gasteiger partial charge is 0.496 e. The number of hydrogen-bond donors (Lipinski definition) is 1. The number of para-hydroxylation sites is 1. The third-order valence-corrected chi connectivity index (χ3v) is 3.89. The molecule has 0 atom stereocenters. The molecule has 0 radical (unpaired) electrons. The average molecular weight is 247 g/mol. The van der Waals surface area contributed by atoms with Crippen LogP contribution >= 0.6 is 0 Å². The lowest BCUT2D eigenvalue weighted by molar-refractivity contribution is -0.0958. The van der Waals surface area contributed by atoms with Crippen molar-refractivity contribution in [1.82, 2.24) is 4.90 Å². The Kier molecular flexibility index (Phi) is 2.55. The molecule has 18 heavy (non-hydrogen) atoms. The summed E-state index contributed by atoms with van der Waals surface area (Å²) in [6, 6.07) is 7.20. The number of carbonyl (C=O) groups excluding carboxylic acids is 1. The Labute approximate surface area is 106 Å². The summed E-state index contributed by atoms with van der Waals surface area (Å²) in [6.45, 7) is 0.906. The standard InChI is InChI=1S/C14H17NO3/c1-18-12-5-3-2-4-11(12)13(16)15-8-14(17,9-15)10-6-7-10/h2-5,10,17H,6-9H2,1H3. The van der Waals surface area contributed by atoms with Gasteiger partial charge in [-0.1, -0.05) is 12.1 Å². The molecular weight excluding hydrogens is 230 g/mol. The van der Waals surface area contributed by atoms with Crippen molar-refractivity contribution >= 4 is 5.91 Å². The van der Waals surface area contributed by atoms with Gasteiger partial charge in [-0.15, -0.1) is 0 Å². The number of ether oxygens (including phenoxy) is 1. The molecule has 2 aliphatic rings. The molecule has 96 valence electrons. The monoisotopic (exact) mass is 247 g/mol. The highest BCUT2D eigenvalue weighted by Gasteiger charge is 2.53. The number of benzene rings is 1. The number of amides is 1. The Bertz CT molecular complexity index is 476. The Morgan fingerprint density at radius 3 is 2.67 bits per heavy atom. The fraction of sp³-hybridized carbons (Fsp3) is 0.500. The molecule has 1 aliphatic heterocycles. The lowest BCUT2D eigenvalue weighted by atomic mass is 9.88. The molecule has 2 fully saturated rings. The molecule has 1 heterocycles. The Hall–Kier alpha value is -1.55. The molecule has 4 nitrogen and oxygen atoms in total. The summed E-state index contributed by atoms with van der Waals surface area (Å²) in [7, 11) is 1.56. The summed E-state index contributed by atoms with van der Waals surface area (Å²) in [4.78, 5) is 14.0. The van der Waals surface area contributed by atoms with Crippen LogP contribution in [-0.4, -0.2) is 41.7 Å². The van der Waals surface area contributed by atoms with Crippen LogP contribution in [0.25, 0.3) is 0 Å². The summed E-state index contributed by atoms with van der Waals surface area (Å²) in [5.41, 5.74) is -0.0599. The quantitative estimate of drug-likeness (QED) is 0.875. The van der Waals surface area contributed by atoms with Crippen molar-refractivity contribution in [2.75, 3.05) is 20.2 Å². The van der Waals surface area contributed by atoms with Crippen LogP contribution < -0.4 is 4.74 Å². The normalized spacial score (nSPS) is 21.3. The smallest absolute Gasteiger partial charge is 0.257 e. The number of carbonyl (C=O) groups is 1. The summed E-state index contributed by atoms with van der Waals surface area (Å²) < 4.78 is 5.19. The van der Waals surface area contributed by atoms with E-state index in [2.05, 4.69) is 0 Å². The maximum absolute atomic E-state index is 12.3. The molecule has 0 unspecified atom stereocenters. The first kappa shape index (κ1) is 11.5. The van der Waals surface area contributed by atoms with Gasteiger partial charge in [-0.3, -0.25) is 4.79 Å². The molecule has 1 aromatic carbocycles. The molecule has 1 saturated carbocycles. The lowest BCUT2D eigenvalue weighted by Crippen LogP contribution is -2.64. The van der Waals surface area contributed by atoms with Crippen molar-refractivity contribution in [2.45, 2.75) is 18.4 Å². The Morgan fingerprint density at radius 2 is 2.06 bits per heavy atom. The first-order chi connectivity index (χ1) is 8.64. The molecule has 1 saturated heterocycles. The van der Waals surface area contributed by atoms with E-state index in [0.717, 1.165) is 12.8 Å². The number of β-amino-alcohol motifs (C(OH)–C–C–N with tert-alkyl or cyclic N) is 1. The van der Waals surface area contributed by atoms with Crippen LogP contribution in [0.3, 0.4) is 0 Å². The average Bonchev–Trinajstić information content (AvgIpc) is 3.18. The van der Waals surface area contributed by atoms with Gasteiger partial charge in [0.15, 0.2) is 0 Å². The van der Waals surface area contributed by atoms with Gasteiger partial charge >= 0.3 is 0 Å². The van der Waals surface area contributed by atoms with Crippen molar-refractivity contribution in [3.8, 4) is 5.75 Å². The van der Waals surface area contributed by atoms with E-state index >= 15 is 0 Å². The molecule has 4 heteroatoms. The molecule has 1 aromatic rings. The van der Waals surface area contributed by atoms with E-state index in [1.165, 1.54) is 0 Å². The maximum atomic E-state index is 12.3. The molecule has 0 bridgehead atoms. The van der Waals surface area contributed by atoms with Crippen molar-refractivity contribution in [3.63, 3.8) is 0 Å². The molecular formula is C14H17NO3. The van der Waals surface area contributed by atoms with Crippen LogP contribution in [0.15, 0.2) is 24.3 Å². The summed E-state index contributed by atoms with van der Waals surface area (Å²) >= 11 is 0. The summed E-state index contributed by atoms with van der Waals surface area (Å²) in [5, 5.41) is 10.2. The number of rotatable bonds is 3. The van der Waals surface area contributed by atoms with Gasteiger partial charge in [-0.05, 0) is 30.9 Å². The van der Waals surface area contributed by atoms with E-state index in [1.807, 2.05) is 12.1 Å². The number of methoxy groups -OCH3 is 1. The van der Waals surface area contributed by atoms with Crippen LogP contribution in [0, 0.1) is 5.92 Å². The highest BCUT2D eigenvalue weighted by atomic mass is 16.5. The number of aliphatic hydroxyl groups is 1. The van der Waals surface area contributed by atoms with Crippen LogP contribution in [0.1, 0.15) is 23.2 Å². The van der Waals surface area contributed by atoms with E-state index in [9.17, 15) is 9.90 Å². The fourth-order valence-electron chi connectivity index (χ4n) is 2.63. The second-order valence-corrected chi connectivity index (χ2v) is 5.24. The summed E-state index contributed by atoms with van der Waals surface area (Å²) in [5.74, 6) is 0.932. The van der Waals surface area contributed by atoms with E-state index in [0.29, 0.717) is 30.3 Å². The zero-order valence-electron chi connectivity index (χ0n) is 10.4. The van der Waals surface area contributed by atoms with Gasteiger partial charge < -0.3 is 14.7 Å². The summed E-state index contributed by atoms with van der Waals surface area (Å²) in [6.07, 6.45) is 2.18. The van der Waals surface area contributed by atoms with Gasteiger partial charge in [0.05, 0.1) is 25.8 Å². The molecule has 1 N–H and O–H groups in total.